The number of nitrogens with two attached hydrogens (primary N) is 1. The van der Waals surface area contributed by atoms with Gasteiger partial charge in [0.2, 0.25) is 0 Å². The third kappa shape index (κ3) is 2.50. The predicted octanol–water partition coefficient (Wildman–Crippen LogP) is 2.48. The lowest BCUT2D eigenvalue weighted by Crippen LogP contribution is -2.33. The van der Waals surface area contributed by atoms with Crippen LogP contribution in [-0.2, 0) is 0 Å². The van der Waals surface area contributed by atoms with Crippen molar-refractivity contribution in [2.45, 2.75) is 27.7 Å². The summed E-state index contributed by atoms with van der Waals surface area (Å²) in [4.78, 5) is 12.3. The number of hydrogen-bond donors (Lipinski definition) is 1. The summed E-state index contributed by atoms with van der Waals surface area (Å²) < 4.78 is 5.24. The van der Waals surface area contributed by atoms with Crippen LogP contribution in [0.25, 0.3) is 0 Å². The van der Waals surface area contributed by atoms with E-state index < -0.39 is 5.41 Å². The summed E-state index contributed by atoms with van der Waals surface area (Å²) >= 11 is 0. The van der Waals surface area contributed by atoms with Crippen molar-refractivity contribution in [1.29, 1.82) is 0 Å². The van der Waals surface area contributed by atoms with Gasteiger partial charge < -0.3 is 10.5 Å². The van der Waals surface area contributed by atoms with Gasteiger partial charge >= 0.3 is 0 Å². The van der Waals surface area contributed by atoms with Gasteiger partial charge in [-0.05, 0) is 37.1 Å². The van der Waals surface area contributed by atoms with Crippen molar-refractivity contribution < 1.29 is 9.53 Å². The van der Waals surface area contributed by atoms with Gasteiger partial charge in [-0.3, -0.25) is 4.79 Å². The third-order valence-corrected chi connectivity index (χ3v) is 3.33. The minimum Gasteiger partial charge on any atom is -0.496 e. The summed E-state index contributed by atoms with van der Waals surface area (Å²) in [7, 11) is 1.63. The Labute approximate surface area is 103 Å². The second-order valence-electron chi connectivity index (χ2n) is 4.98. The molecule has 0 aliphatic carbocycles. The Kier molecular flexibility index (Phi) is 3.94. The Bertz CT molecular complexity index is 436. The Balaban J connectivity index is 3.26. The first-order valence-corrected chi connectivity index (χ1v) is 5.74. The number of hydrogen-bond acceptors (Lipinski definition) is 3. The van der Waals surface area contributed by atoms with Crippen molar-refractivity contribution >= 4 is 5.78 Å². The number of carbonyl (C=O) groups excluding carboxylic acids is 1. The van der Waals surface area contributed by atoms with Gasteiger partial charge in [0.1, 0.15) is 5.75 Å². The number of methoxy groups -OCH3 is 1. The van der Waals surface area contributed by atoms with E-state index in [9.17, 15) is 4.79 Å². The van der Waals surface area contributed by atoms with E-state index in [4.69, 9.17) is 10.5 Å². The minimum atomic E-state index is -0.522. The van der Waals surface area contributed by atoms with Crippen LogP contribution in [0.4, 0.5) is 0 Å². The van der Waals surface area contributed by atoms with Crippen molar-refractivity contribution in [2.75, 3.05) is 13.7 Å². The van der Waals surface area contributed by atoms with Crippen LogP contribution in [0.2, 0.25) is 0 Å². The second-order valence-corrected chi connectivity index (χ2v) is 4.98. The zero-order valence-electron chi connectivity index (χ0n) is 11.3. The summed E-state index contributed by atoms with van der Waals surface area (Å²) in [5.74, 6) is 0.896. The van der Waals surface area contributed by atoms with Crippen molar-refractivity contribution in [1.82, 2.24) is 0 Å². The van der Waals surface area contributed by atoms with Crippen LogP contribution < -0.4 is 10.5 Å². The van der Waals surface area contributed by atoms with Crippen molar-refractivity contribution in [3.63, 3.8) is 0 Å². The monoisotopic (exact) mass is 235 g/mol. The molecule has 0 saturated heterocycles. The highest BCUT2D eigenvalue weighted by Gasteiger charge is 2.28. The van der Waals surface area contributed by atoms with Crippen molar-refractivity contribution in [2.24, 2.45) is 11.1 Å². The topological polar surface area (TPSA) is 52.3 Å². The normalized spacial score (nSPS) is 11.4. The SMILES string of the molecule is COc1ccc(C(=O)C(C)(C)CN)c(C)c1C. The third-order valence-electron chi connectivity index (χ3n) is 3.33. The fourth-order valence-corrected chi connectivity index (χ4v) is 1.72. The first-order valence-electron chi connectivity index (χ1n) is 5.74. The zero-order valence-corrected chi connectivity index (χ0v) is 11.3. The van der Waals surface area contributed by atoms with Gasteiger partial charge in [0.25, 0.3) is 0 Å². The van der Waals surface area contributed by atoms with Gasteiger partial charge in [-0.15, -0.1) is 0 Å². The predicted molar refractivity (Wildman–Crippen MR) is 69.6 cm³/mol. The molecule has 0 aromatic heterocycles. The first-order chi connectivity index (χ1) is 7.85. The number of Topliss-reactive ketones (excluding diaryl/α,β-unsaturated/α-hetero) is 1. The second kappa shape index (κ2) is 4.88. The Morgan fingerprint density at radius 2 is 1.88 bits per heavy atom. The van der Waals surface area contributed by atoms with Gasteiger partial charge in [-0.1, -0.05) is 13.8 Å². The van der Waals surface area contributed by atoms with Crippen LogP contribution in [0.5, 0.6) is 5.75 Å². The Morgan fingerprint density at radius 1 is 1.29 bits per heavy atom. The quantitative estimate of drug-likeness (QED) is 0.816. The molecule has 0 unspecified atom stereocenters. The molecule has 94 valence electrons. The van der Waals surface area contributed by atoms with Crippen molar-refractivity contribution in [3.8, 4) is 5.75 Å². The standard InChI is InChI=1S/C14H21NO2/c1-9-10(2)12(17-5)7-6-11(9)13(16)14(3,4)8-15/h6-7H,8,15H2,1-5H3. The van der Waals surface area contributed by atoms with Gasteiger partial charge in [0, 0.05) is 17.5 Å². The molecule has 0 atom stereocenters. The van der Waals surface area contributed by atoms with E-state index in [1.807, 2.05) is 39.8 Å². The molecule has 1 aromatic carbocycles. The number of ether oxygens (including phenoxy) is 1. The Morgan fingerprint density at radius 3 is 2.35 bits per heavy atom. The Hall–Kier alpha value is -1.35. The van der Waals surface area contributed by atoms with Crippen molar-refractivity contribution in [3.05, 3.63) is 28.8 Å². The molecular formula is C14H21NO2. The number of rotatable bonds is 4. The molecule has 3 nitrogen and oxygen atoms in total. The molecular weight excluding hydrogens is 214 g/mol. The lowest BCUT2D eigenvalue weighted by Gasteiger charge is -2.22. The largest absolute Gasteiger partial charge is 0.496 e. The van der Waals surface area contributed by atoms with E-state index in [0.29, 0.717) is 6.54 Å². The summed E-state index contributed by atoms with van der Waals surface area (Å²) in [5, 5.41) is 0. The molecule has 17 heavy (non-hydrogen) atoms. The molecule has 3 heteroatoms. The summed E-state index contributed by atoms with van der Waals surface area (Å²) in [6.45, 7) is 7.98. The van der Waals surface area contributed by atoms with Crippen LogP contribution in [0.15, 0.2) is 12.1 Å². The van der Waals surface area contributed by atoms with Crippen LogP contribution in [0, 0.1) is 19.3 Å². The fourth-order valence-electron chi connectivity index (χ4n) is 1.72. The highest BCUT2D eigenvalue weighted by atomic mass is 16.5. The van der Waals surface area contributed by atoms with Crippen LogP contribution in [0.3, 0.4) is 0 Å². The molecule has 0 fully saturated rings. The van der Waals surface area contributed by atoms with E-state index in [-0.39, 0.29) is 5.78 Å². The summed E-state index contributed by atoms with van der Waals surface area (Å²) in [6, 6.07) is 3.66. The average Bonchev–Trinajstić information content (AvgIpc) is 2.31. The van der Waals surface area contributed by atoms with Crippen LogP contribution in [0.1, 0.15) is 35.3 Å². The maximum absolute atomic E-state index is 12.3. The van der Waals surface area contributed by atoms with Crippen LogP contribution in [-0.4, -0.2) is 19.4 Å². The van der Waals surface area contributed by atoms with Gasteiger partial charge in [0.15, 0.2) is 5.78 Å². The van der Waals surface area contributed by atoms with E-state index in [0.717, 1.165) is 22.4 Å². The van der Waals surface area contributed by atoms with E-state index in [2.05, 4.69) is 0 Å². The maximum atomic E-state index is 12.3. The van der Waals surface area contributed by atoms with E-state index >= 15 is 0 Å². The molecule has 0 spiro atoms. The minimum absolute atomic E-state index is 0.0863. The summed E-state index contributed by atoms with van der Waals surface area (Å²) in [6.07, 6.45) is 0. The highest BCUT2D eigenvalue weighted by molar-refractivity contribution is 6.01. The first kappa shape index (κ1) is 13.7. The molecule has 0 saturated carbocycles. The number of benzene rings is 1. The highest BCUT2D eigenvalue weighted by Crippen LogP contribution is 2.28. The zero-order chi connectivity index (χ0) is 13.2. The van der Waals surface area contributed by atoms with E-state index in [1.165, 1.54) is 0 Å². The molecule has 1 rings (SSSR count). The number of ketones is 1. The molecule has 0 amide bonds. The molecule has 1 aromatic rings. The molecule has 0 aliphatic rings. The lowest BCUT2D eigenvalue weighted by atomic mass is 9.82. The summed E-state index contributed by atoms with van der Waals surface area (Å²) in [5.41, 5.74) is 7.83. The molecule has 0 bridgehead atoms. The average molecular weight is 235 g/mol. The lowest BCUT2D eigenvalue weighted by molar-refractivity contribution is 0.0846. The van der Waals surface area contributed by atoms with Gasteiger partial charge in [-0.2, -0.15) is 0 Å². The molecule has 2 N–H and O–H groups in total. The molecule has 0 heterocycles. The van der Waals surface area contributed by atoms with Gasteiger partial charge in [0.05, 0.1) is 7.11 Å². The maximum Gasteiger partial charge on any atom is 0.169 e. The van der Waals surface area contributed by atoms with Crippen LogP contribution >= 0.6 is 0 Å². The molecule has 0 aliphatic heterocycles. The van der Waals surface area contributed by atoms with E-state index in [1.54, 1.807) is 7.11 Å². The smallest absolute Gasteiger partial charge is 0.169 e. The molecule has 0 radical (unpaired) electrons. The fraction of sp³-hybridized carbons (Fsp3) is 0.500. The van der Waals surface area contributed by atoms with Gasteiger partial charge in [-0.25, -0.2) is 0 Å². The number of carbonyl (C=O) groups is 1.